The number of nitrogens with one attached hydrogen (secondary N) is 2. The molecule has 1 aromatic carbocycles. The molecule has 3 aromatic rings. The molecule has 1 atom stereocenters. The molecule has 0 fully saturated rings. The molecule has 132 valence electrons. The number of aromatic nitrogens is 4. The Morgan fingerprint density at radius 2 is 2.08 bits per heavy atom. The van der Waals surface area contributed by atoms with Crippen LogP contribution < -0.4 is 10.9 Å². The van der Waals surface area contributed by atoms with Crippen LogP contribution in [-0.4, -0.2) is 25.9 Å². The summed E-state index contributed by atoms with van der Waals surface area (Å²) in [5.74, 6) is -0.296. The Bertz CT molecular complexity index is 957. The van der Waals surface area contributed by atoms with Crippen molar-refractivity contribution in [1.29, 1.82) is 0 Å². The van der Waals surface area contributed by atoms with Gasteiger partial charge in [0.1, 0.15) is 5.69 Å². The van der Waals surface area contributed by atoms with Crippen LogP contribution in [0.5, 0.6) is 0 Å². The Balaban J connectivity index is 1.53. The largest absolute Gasteiger partial charge is 0.344 e. The topological polar surface area (TPSA) is 92.7 Å². The lowest BCUT2D eigenvalue weighted by atomic mass is 9.92. The maximum absolute atomic E-state index is 12.4. The third kappa shape index (κ3) is 3.28. The minimum Gasteiger partial charge on any atom is -0.344 e. The molecular weight excluding hydrogens is 330 g/mol. The van der Waals surface area contributed by atoms with Crippen molar-refractivity contribution in [2.45, 2.75) is 31.8 Å². The molecule has 1 amide bonds. The van der Waals surface area contributed by atoms with Crippen LogP contribution in [0.4, 0.5) is 0 Å². The van der Waals surface area contributed by atoms with Gasteiger partial charge in [0, 0.05) is 17.3 Å². The molecule has 7 heteroatoms. The van der Waals surface area contributed by atoms with Crippen LogP contribution in [0.25, 0.3) is 0 Å². The Kier molecular flexibility index (Phi) is 4.35. The van der Waals surface area contributed by atoms with E-state index in [1.54, 1.807) is 0 Å². The van der Waals surface area contributed by atoms with Crippen molar-refractivity contribution in [2.75, 3.05) is 0 Å². The van der Waals surface area contributed by atoms with Crippen molar-refractivity contribution in [2.24, 2.45) is 0 Å². The molecule has 7 nitrogen and oxygen atoms in total. The molecule has 2 N–H and O–H groups in total. The summed E-state index contributed by atoms with van der Waals surface area (Å²) >= 11 is 0. The van der Waals surface area contributed by atoms with E-state index >= 15 is 0 Å². The number of carbonyl (C=O) groups excluding carboxylic acids is 1. The number of amides is 1. The minimum atomic E-state index is -0.330. The van der Waals surface area contributed by atoms with Crippen molar-refractivity contribution in [3.05, 3.63) is 81.5 Å². The van der Waals surface area contributed by atoms with E-state index in [0.717, 1.165) is 31.4 Å². The average molecular weight is 349 g/mol. The molecule has 0 spiro atoms. The first kappa shape index (κ1) is 16.3. The molecular formula is C19H19N5O2. The van der Waals surface area contributed by atoms with E-state index in [9.17, 15) is 9.59 Å². The molecule has 4 rings (SSSR count). The third-order valence-electron chi connectivity index (χ3n) is 4.66. The molecule has 0 aliphatic heterocycles. The van der Waals surface area contributed by atoms with E-state index in [1.807, 2.05) is 29.1 Å². The van der Waals surface area contributed by atoms with Gasteiger partial charge in [-0.25, -0.2) is 5.10 Å². The van der Waals surface area contributed by atoms with Crippen LogP contribution >= 0.6 is 0 Å². The summed E-state index contributed by atoms with van der Waals surface area (Å²) in [7, 11) is 0. The molecule has 0 bridgehead atoms. The number of fused-ring (bicyclic) bond motifs is 1. The molecule has 0 saturated heterocycles. The lowest BCUT2D eigenvalue weighted by molar-refractivity contribution is 0.0926. The fourth-order valence-electron chi connectivity index (χ4n) is 3.36. The smallest absolute Gasteiger partial charge is 0.272 e. The number of rotatable bonds is 4. The van der Waals surface area contributed by atoms with Crippen molar-refractivity contribution in [1.82, 2.24) is 25.3 Å². The summed E-state index contributed by atoms with van der Waals surface area (Å²) < 4.78 is 2.02. The predicted molar refractivity (Wildman–Crippen MR) is 95.8 cm³/mol. The van der Waals surface area contributed by atoms with Crippen molar-refractivity contribution in [3.63, 3.8) is 0 Å². The monoisotopic (exact) mass is 349 g/mol. The second-order valence-electron chi connectivity index (χ2n) is 6.41. The zero-order valence-electron chi connectivity index (χ0n) is 14.2. The van der Waals surface area contributed by atoms with E-state index in [-0.39, 0.29) is 23.2 Å². The Morgan fingerprint density at radius 1 is 1.23 bits per heavy atom. The number of hydrogen-bond donors (Lipinski definition) is 2. The second-order valence-corrected chi connectivity index (χ2v) is 6.41. The quantitative estimate of drug-likeness (QED) is 0.751. The van der Waals surface area contributed by atoms with Gasteiger partial charge in [-0.05, 0) is 30.9 Å². The van der Waals surface area contributed by atoms with Crippen molar-refractivity contribution < 1.29 is 4.79 Å². The highest BCUT2D eigenvalue weighted by Gasteiger charge is 2.26. The van der Waals surface area contributed by atoms with E-state index in [4.69, 9.17) is 0 Å². The Hall–Kier alpha value is -3.22. The highest BCUT2D eigenvalue weighted by Crippen LogP contribution is 2.30. The van der Waals surface area contributed by atoms with Crippen LogP contribution in [0.2, 0.25) is 0 Å². The van der Waals surface area contributed by atoms with Gasteiger partial charge in [-0.15, -0.1) is 0 Å². The third-order valence-corrected chi connectivity index (χ3v) is 4.66. The van der Waals surface area contributed by atoms with Crippen LogP contribution in [0, 0.1) is 0 Å². The van der Waals surface area contributed by atoms with Gasteiger partial charge in [0.15, 0.2) is 0 Å². The maximum atomic E-state index is 12.4. The molecule has 1 aliphatic carbocycles. The number of hydrogen-bond acceptors (Lipinski definition) is 4. The highest BCUT2D eigenvalue weighted by molar-refractivity contribution is 5.92. The Morgan fingerprint density at radius 3 is 2.85 bits per heavy atom. The molecule has 26 heavy (non-hydrogen) atoms. The fraction of sp³-hybridized carbons (Fsp3) is 0.263. The number of benzene rings is 1. The number of nitrogens with zero attached hydrogens (tertiary/aromatic N) is 3. The van der Waals surface area contributed by atoms with Crippen LogP contribution in [0.15, 0.2) is 53.5 Å². The summed E-state index contributed by atoms with van der Waals surface area (Å²) in [6.45, 7) is 0.721. The van der Waals surface area contributed by atoms with E-state index < -0.39 is 0 Å². The summed E-state index contributed by atoms with van der Waals surface area (Å²) in [6.07, 6.45) is 4.64. The van der Waals surface area contributed by atoms with Crippen LogP contribution in [-0.2, 0) is 13.0 Å². The molecule has 0 radical (unpaired) electrons. The Labute approximate surface area is 150 Å². The molecule has 2 aromatic heterocycles. The normalized spacial score (nSPS) is 16.1. The molecule has 0 saturated carbocycles. The zero-order chi connectivity index (χ0) is 17.9. The number of H-pyrrole nitrogens is 1. The van der Waals surface area contributed by atoms with Gasteiger partial charge in [0.05, 0.1) is 18.8 Å². The van der Waals surface area contributed by atoms with E-state index in [2.05, 4.69) is 32.7 Å². The summed E-state index contributed by atoms with van der Waals surface area (Å²) in [5, 5.41) is 13.6. The van der Waals surface area contributed by atoms with Crippen LogP contribution in [0.3, 0.4) is 0 Å². The summed E-state index contributed by atoms with van der Waals surface area (Å²) in [6, 6.07) is 12.8. The van der Waals surface area contributed by atoms with E-state index in [1.165, 1.54) is 23.4 Å². The lowest BCUT2D eigenvalue weighted by Gasteiger charge is -2.24. The minimum absolute atomic E-state index is 0.0931. The maximum Gasteiger partial charge on any atom is 0.272 e. The van der Waals surface area contributed by atoms with Gasteiger partial charge < -0.3 is 5.32 Å². The summed E-state index contributed by atoms with van der Waals surface area (Å²) in [4.78, 5) is 23.5. The zero-order valence-corrected chi connectivity index (χ0v) is 14.2. The van der Waals surface area contributed by atoms with Gasteiger partial charge in [-0.3, -0.25) is 14.3 Å². The predicted octanol–water partition coefficient (Wildman–Crippen LogP) is 1.82. The van der Waals surface area contributed by atoms with Gasteiger partial charge in [0.25, 0.3) is 11.5 Å². The highest BCUT2D eigenvalue weighted by atomic mass is 16.2. The molecule has 1 aliphatic rings. The van der Waals surface area contributed by atoms with Crippen molar-refractivity contribution >= 4 is 5.91 Å². The number of aromatic amines is 1. The lowest BCUT2D eigenvalue weighted by Crippen LogP contribution is -2.32. The molecule has 2 heterocycles. The summed E-state index contributed by atoms with van der Waals surface area (Å²) in [5.41, 5.74) is 3.30. The molecule has 0 unspecified atom stereocenters. The van der Waals surface area contributed by atoms with Crippen LogP contribution in [0.1, 0.15) is 46.2 Å². The fourth-order valence-corrected chi connectivity index (χ4v) is 3.36. The number of carbonyl (C=O) groups is 1. The standard InChI is InChI=1S/C19H19N5O2/c25-18-10-9-16(22-23-18)19(26)21-15-7-4-8-17-14(15)11-20-24(17)12-13-5-2-1-3-6-13/h1-3,5-6,9-11,15H,4,7-8,12H2,(H,21,26)(H,23,25)/t15-/m0/s1. The first-order valence-corrected chi connectivity index (χ1v) is 8.66. The first-order chi connectivity index (χ1) is 12.7. The van der Waals surface area contributed by atoms with Crippen molar-refractivity contribution in [3.8, 4) is 0 Å². The van der Waals surface area contributed by atoms with Gasteiger partial charge in [-0.1, -0.05) is 30.3 Å². The van der Waals surface area contributed by atoms with E-state index in [0.29, 0.717) is 0 Å². The first-order valence-electron chi connectivity index (χ1n) is 8.66. The second kappa shape index (κ2) is 6.95. The SMILES string of the molecule is O=C(N[C@H]1CCCc2c1cnn2Cc1ccccc1)c1ccc(=O)[nH]n1. The van der Waals surface area contributed by atoms with Gasteiger partial charge >= 0.3 is 0 Å². The van der Waals surface area contributed by atoms with Gasteiger partial charge in [0.2, 0.25) is 0 Å². The average Bonchev–Trinajstić information content (AvgIpc) is 3.07. The van der Waals surface area contributed by atoms with Gasteiger partial charge in [-0.2, -0.15) is 10.2 Å².